The SMILES string of the molecule is CCC1CCC2(CC1)CNCC(c1ccc(C)cc1)O2. The summed E-state index contributed by atoms with van der Waals surface area (Å²) < 4.78 is 6.57. The van der Waals surface area contributed by atoms with Crippen LogP contribution in [0.5, 0.6) is 0 Å². The predicted molar refractivity (Wildman–Crippen MR) is 82.9 cm³/mol. The van der Waals surface area contributed by atoms with Crippen LogP contribution in [0.15, 0.2) is 24.3 Å². The van der Waals surface area contributed by atoms with E-state index in [1.54, 1.807) is 0 Å². The first-order valence-corrected chi connectivity index (χ1v) is 8.16. The Kier molecular flexibility index (Phi) is 4.13. The first-order chi connectivity index (χ1) is 9.71. The van der Waals surface area contributed by atoms with Gasteiger partial charge in [0.2, 0.25) is 0 Å². The zero-order valence-electron chi connectivity index (χ0n) is 12.8. The van der Waals surface area contributed by atoms with Crippen LogP contribution in [-0.2, 0) is 4.74 Å². The molecule has 1 aliphatic carbocycles. The van der Waals surface area contributed by atoms with E-state index in [0.29, 0.717) is 0 Å². The fraction of sp³-hybridized carbons (Fsp3) is 0.667. The Hall–Kier alpha value is -0.860. The van der Waals surface area contributed by atoms with Crippen LogP contribution in [0.3, 0.4) is 0 Å². The van der Waals surface area contributed by atoms with Crippen molar-refractivity contribution in [2.24, 2.45) is 5.92 Å². The second-order valence-electron chi connectivity index (χ2n) is 6.68. The highest BCUT2D eigenvalue weighted by molar-refractivity contribution is 5.24. The van der Waals surface area contributed by atoms with Gasteiger partial charge in [0.15, 0.2) is 0 Å². The van der Waals surface area contributed by atoms with Gasteiger partial charge in [0.05, 0.1) is 11.7 Å². The molecule has 2 aliphatic rings. The minimum absolute atomic E-state index is 0.0967. The molecule has 20 heavy (non-hydrogen) atoms. The molecule has 0 aromatic heterocycles. The normalized spacial score (nSPS) is 34.3. The zero-order valence-corrected chi connectivity index (χ0v) is 12.8. The maximum atomic E-state index is 6.57. The summed E-state index contributed by atoms with van der Waals surface area (Å²) in [7, 11) is 0. The molecule has 110 valence electrons. The number of hydrogen-bond acceptors (Lipinski definition) is 2. The van der Waals surface area contributed by atoms with Gasteiger partial charge >= 0.3 is 0 Å². The van der Waals surface area contributed by atoms with E-state index in [1.807, 2.05) is 0 Å². The van der Waals surface area contributed by atoms with Crippen LogP contribution in [0.2, 0.25) is 0 Å². The molecule has 1 aliphatic heterocycles. The quantitative estimate of drug-likeness (QED) is 0.879. The van der Waals surface area contributed by atoms with Crippen molar-refractivity contribution >= 4 is 0 Å². The molecule has 0 bridgehead atoms. The van der Waals surface area contributed by atoms with Gasteiger partial charge in [-0.3, -0.25) is 0 Å². The maximum absolute atomic E-state index is 6.57. The van der Waals surface area contributed by atoms with Gasteiger partial charge in [0.25, 0.3) is 0 Å². The van der Waals surface area contributed by atoms with Gasteiger partial charge in [-0.25, -0.2) is 0 Å². The van der Waals surface area contributed by atoms with Crippen LogP contribution in [0.4, 0.5) is 0 Å². The molecule has 2 fully saturated rings. The van der Waals surface area contributed by atoms with Crippen LogP contribution < -0.4 is 5.32 Å². The number of morpholine rings is 1. The standard InChI is InChI=1S/C18H27NO/c1-3-15-8-10-18(11-9-15)13-19-12-17(20-18)16-6-4-14(2)5-7-16/h4-7,15,17,19H,3,8-13H2,1-2H3. The minimum atomic E-state index is 0.0967. The summed E-state index contributed by atoms with van der Waals surface area (Å²) in [5, 5.41) is 3.62. The molecular formula is C18H27NO. The number of benzene rings is 1. The fourth-order valence-corrected chi connectivity index (χ4v) is 3.69. The number of aryl methyl sites for hydroxylation is 1. The molecule has 3 rings (SSSR count). The molecule has 1 saturated heterocycles. The van der Waals surface area contributed by atoms with Crippen LogP contribution in [0.25, 0.3) is 0 Å². The summed E-state index contributed by atoms with van der Waals surface area (Å²) in [6.45, 7) is 6.43. The van der Waals surface area contributed by atoms with Crippen LogP contribution in [0.1, 0.15) is 56.3 Å². The summed E-state index contributed by atoms with van der Waals surface area (Å²) in [5.74, 6) is 0.920. The summed E-state index contributed by atoms with van der Waals surface area (Å²) in [6.07, 6.45) is 6.66. The fourth-order valence-electron chi connectivity index (χ4n) is 3.69. The van der Waals surface area contributed by atoms with E-state index in [9.17, 15) is 0 Å². The topological polar surface area (TPSA) is 21.3 Å². The van der Waals surface area contributed by atoms with Crippen LogP contribution in [0, 0.1) is 12.8 Å². The smallest absolute Gasteiger partial charge is 0.0957 e. The maximum Gasteiger partial charge on any atom is 0.0957 e. The third-order valence-electron chi connectivity index (χ3n) is 5.21. The molecule has 2 heteroatoms. The average Bonchev–Trinajstić information content (AvgIpc) is 2.49. The third kappa shape index (κ3) is 2.91. The van der Waals surface area contributed by atoms with E-state index < -0.39 is 0 Å². The van der Waals surface area contributed by atoms with Gasteiger partial charge in [0, 0.05) is 13.1 Å². The van der Waals surface area contributed by atoms with Crippen molar-refractivity contribution in [1.82, 2.24) is 5.32 Å². The van der Waals surface area contributed by atoms with E-state index in [4.69, 9.17) is 4.74 Å². The first-order valence-electron chi connectivity index (χ1n) is 8.16. The molecule has 0 amide bonds. The Morgan fingerprint density at radius 1 is 1.20 bits per heavy atom. The van der Waals surface area contributed by atoms with Crippen molar-refractivity contribution in [2.75, 3.05) is 13.1 Å². The van der Waals surface area contributed by atoms with E-state index in [-0.39, 0.29) is 11.7 Å². The van der Waals surface area contributed by atoms with Crippen molar-refractivity contribution in [2.45, 2.75) is 57.7 Å². The van der Waals surface area contributed by atoms with Crippen molar-refractivity contribution < 1.29 is 4.74 Å². The highest BCUT2D eigenvalue weighted by Gasteiger charge is 2.40. The molecule has 1 unspecified atom stereocenters. The van der Waals surface area contributed by atoms with Gasteiger partial charge < -0.3 is 10.1 Å². The Morgan fingerprint density at radius 2 is 1.90 bits per heavy atom. The Bertz CT molecular complexity index is 431. The number of hydrogen-bond donors (Lipinski definition) is 1. The monoisotopic (exact) mass is 273 g/mol. The summed E-state index contributed by atoms with van der Waals surface area (Å²) >= 11 is 0. The summed E-state index contributed by atoms with van der Waals surface area (Å²) in [4.78, 5) is 0. The molecule has 1 N–H and O–H groups in total. The Labute approximate surface area is 122 Å². The number of nitrogens with one attached hydrogen (secondary N) is 1. The molecule has 2 nitrogen and oxygen atoms in total. The second kappa shape index (κ2) is 5.87. The first kappa shape index (κ1) is 14.1. The zero-order chi connectivity index (χ0) is 14.0. The van der Waals surface area contributed by atoms with E-state index in [0.717, 1.165) is 19.0 Å². The Balaban J connectivity index is 1.69. The largest absolute Gasteiger partial charge is 0.364 e. The molecule has 1 atom stereocenters. The molecule has 0 radical (unpaired) electrons. The lowest BCUT2D eigenvalue weighted by atomic mass is 9.77. The highest BCUT2D eigenvalue weighted by atomic mass is 16.5. The van der Waals surface area contributed by atoms with Crippen molar-refractivity contribution in [3.8, 4) is 0 Å². The van der Waals surface area contributed by atoms with Gasteiger partial charge in [0.1, 0.15) is 0 Å². The lowest BCUT2D eigenvalue weighted by molar-refractivity contribution is -0.141. The van der Waals surface area contributed by atoms with Gasteiger partial charge in [-0.1, -0.05) is 43.2 Å². The lowest BCUT2D eigenvalue weighted by Gasteiger charge is -2.46. The van der Waals surface area contributed by atoms with Crippen molar-refractivity contribution in [1.29, 1.82) is 0 Å². The lowest BCUT2D eigenvalue weighted by Crippen LogP contribution is -2.52. The minimum Gasteiger partial charge on any atom is -0.364 e. The van der Waals surface area contributed by atoms with Crippen LogP contribution >= 0.6 is 0 Å². The second-order valence-corrected chi connectivity index (χ2v) is 6.68. The molecule has 1 heterocycles. The summed E-state index contributed by atoms with van der Waals surface area (Å²) in [6, 6.07) is 8.82. The average molecular weight is 273 g/mol. The van der Waals surface area contributed by atoms with Crippen LogP contribution in [-0.4, -0.2) is 18.7 Å². The number of ether oxygens (including phenoxy) is 1. The van der Waals surface area contributed by atoms with E-state index in [1.165, 1.54) is 43.2 Å². The highest BCUT2D eigenvalue weighted by Crippen LogP contribution is 2.40. The molecule has 1 aromatic rings. The summed E-state index contributed by atoms with van der Waals surface area (Å²) in [5.41, 5.74) is 2.73. The molecule has 1 aromatic carbocycles. The molecule has 1 saturated carbocycles. The van der Waals surface area contributed by atoms with E-state index in [2.05, 4.69) is 43.4 Å². The van der Waals surface area contributed by atoms with Gasteiger partial charge in [-0.2, -0.15) is 0 Å². The van der Waals surface area contributed by atoms with Crippen molar-refractivity contribution in [3.63, 3.8) is 0 Å². The number of rotatable bonds is 2. The van der Waals surface area contributed by atoms with Crippen molar-refractivity contribution in [3.05, 3.63) is 35.4 Å². The third-order valence-corrected chi connectivity index (χ3v) is 5.21. The Morgan fingerprint density at radius 3 is 2.55 bits per heavy atom. The van der Waals surface area contributed by atoms with Gasteiger partial charge in [-0.05, 0) is 44.1 Å². The molecule has 1 spiro atoms. The van der Waals surface area contributed by atoms with Gasteiger partial charge in [-0.15, -0.1) is 0 Å². The van der Waals surface area contributed by atoms with E-state index >= 15 is 0 Å². The predicted octanol–water partition coefficient (Wildman–Crippen LogP) is 3.99. The molecular weight excluding hydrogens is 246 g/mol.